The summed E-state index contributed by atoms with van der Waals surface area (Å²) in [6.07, 6.45) is 6.91. The van der Waals surface area contributed by atoms with E-state index in [9.17, 15) is 18.0 Å². The van der Waals surface area contributed by atoms with Crippen LogP contribution in [-0.4, -0.2) is 71.4 Å². The van der Waals surface area contributed by atoms with E-state index in [4.69, 9.17) is 0 Å². The molecule has 0 spiro atoms. The highest BCUT2D eigenvalue weighted by atomic mass is 32.2. The summed E-state index contributed by atoms with van der Waals surface area (Å²) >= 11 is 0. The molecule has 4 rings (SSSR count). The molecule has 0 radical (unpaired) electrons. The van der Waals surface area contributed by atoms with E-state index in [1.54, 1.807) is 53.2 Å². The van der Waals surface area contributed by atoms with Gasteiger partial charge in [0.25, 0.3) is 5.91 Å². The number of likely N-dealkylation sites (tertiary alicyclic amines) is 1. The van der Waals surface area contributed by atoms with Crippen LogP contribution in [0.4, 0.5) is 0 Å². The van der Waals surface area contributed by atoms with Crippen molar-refractivity contribution in [1.82, 2.24) is 24.3 Å². The molecule has 0 bridgehead atoms. The first-order chi connectivity index (χ1) is 15.9. The number of carbonyl (C=O) groups is 2. The maximum Gasteiger partial charge on any atom is 0.254 e. The molecule has 9 nitrogen and oxygen atoms in total. The van der Waals surface area contributed by atoms with Crippen LogP contribution in [0.1, 0.15) is 42.5 Å². The van der Waals surface area contributed by atoms with Crippen LogP contribution in [0.5, 0.6) is 0 Å². The highest BCUT2D eigenvalue weighted by molar-refractivity contribution is 7.89. The molecule has 1 unspecified atom stereocenters. The van der Waals surface area contributed by atoms with Gasteiger partial charge in [-0.1, -0.05) is 24.6 Å². The number of nitrogens with zero attached hydrogens (tertiary/aromatic N) is 4. The van der Waals surface area contributed by atoms with E-state index in [1.807, 2.05) is 0 Å². The average Bonchev–Trinajstić information content (AvgIpc) is 3.29. The van der Waals surface area contributed by atoms with Crippen LogP contribution >= 0.6 is 0 Å². The van der Waals surface area contributed by atoms with E-state index in [0.717, 1.165) is 25.7 Å². The largest absolute Gasteiger partial charge is 0.352 e. The van der Waals surface area contributed by atoms with Crippen molar-refractivity contribution in [3.63, 3.8) is 0 Å². The summed E-state index contributed by atoms with van der Waals surface area (Å²) in [5, 5.41) is 6.96. The van der Waals surface area contributed by atoms with Gasteiger partial charge in [-0.3, -0.25) is 14.3 Å². The van der Waals surface area contributed by atoms with E-state index in [0.29, 0.717) is 38.2 Å². The van der Waals surface area contributed by atoms with Gasteiger partial charge in [0.05, 0.1) is 16.7 Å². The number of aromatic nitrogens is 2. The van der Waals surface area contributed by atoms with Crippen LogP contribution in [0.25, 0.3) is 0 Å². The Kier molecular flexibility index (Phi) is 7.14. The quantitative estimate of drug-likeness (QED) is 0.687. The van der Waals surface area contributed by atoms with Crippen molar-refractivity contribution in [2.24, 2.45) is 13.0 Å². The highest BCUT2D eigenvalue weighted by Crippen LogP contribution is 2.28. The van der Waals surface area contributed by atoms with Crippen molar-refractivity contribution in [2.45, 2.75) is 43.0 Å². The monoisotopic (exact) mass is 473 g/mol. The van der Waals surface area contributed by atoms with Crippen molar-refractivity contribution in [2.75, 3.05) is 26.2 Å². The van der Waals surface area contributed by atoms with Crippen LogP contribution in [0.15, 0.2) is 47.6 Å². The lowest BCUT2D eigenvalue weighted by Gasteiger charge is -2.39. The van der Waals surface area contributed by atoms with E-state index >= 15 is 0 Å². The Balaban J connectivity index is 1.34. The second kappa shape index (κ2) is 10.0. The maximum absolute atomic E-state index is 13.3. The summed E-state index contributed by atoms with van der Waals surface area (Å²) in [6.45, 7) is 2.06. The fourth-order valence-corrected chi connectivity index (χ4v) is 6.29. The molecular formula is C23H31N5O4S. The lowest BCUT2D eigenvalue weighted by Crippen LogP contribution is -2.54. The molecule has 1 N–H and O–H groups in total. The van der Waals surface area contributed by atoms with Crippen molar-refractivity contribution in [1.29, 1.82) is 0 Å². The minimum Gasteiger partial charge on any atom is -0.352 e. The smallest absolute Gasteiger partial charge is 0.254 e. The summed E-state index contributed by atoms with van der Waals surface area (Å²) in [5.41, 5.74) is 0.530. The number of amides is 2. The molecule has 178 valence electrons. The number of benzene rings is 1. The van der Waals surface area contributed by atoms with Crippen LogP contribution in [0.2, 0.25) is 0 Å². The third-order valence-corrected chi connectivity index (χ3v) is 8.46. The lowest BCUT2D eigenvalue weighted by molar-refractivity contribution is -0.137. The SMILES string of the molecule is Cn1cc(C(=O)NCC2CCN(C(=O)C3CCCCN3S(=O)(=O)c3ccccc3)CC2)cn1. The number of sulfonamides is 1. The first kappa shape index (κ1) is 23.4. The van der Waals surface area contributed by atoms with Gasteiger partial charge in [0.1, 0.15) is 6.04 Å². The maximum atomic E-state index is 13.3. The van der Waals surface area contributed by atoms with Crippen molar-refractivity contribution in [3.05, 3.63) is 48.3 Å². The summed E-state index contributed by atoms with van der Waals surface area (Å²) in [5.74, 6) is 0.0304. The number of hydrogen-bond donors (Lipinski definition) is 1. The lowest BCUT2D eigenvalue weighted by atomic mass is 9.95. The second-order valence-corrected chi connectivity index (χ2v) is 10.7. The second-order valence-electron chi connectivity index (χ2n) is 8.82. The molecule has 2 aliphatic heterocycles. The van der Waals surface area contributed by atoms with Crippen LogP contribution in [-0.2, 0) is 21.9 Å². The van der Waals surface area contributed by atoms with Crippen LogP contribution in [0.3, 0.4) is 0 Å². The van der Waals surface area contributed by atoms with E-state index in [-0.39, 0.29) is 22.6 Å². The summed E-state index contributed by atoms with van der Waals surface area (Å²) in [7, 11) is -1.95. The number of rotatable bonds is 6. The third-order valence-electron chi connectivity index (χ3n) is 6.53. The fourth-order valence-electron chi connectivity index (χ4n) is 4.61. The predicted octanol–water partition coefficient (Wildman–Crippen LogP) is 1.63. The number of piperidine rings is 2. The average molecular weight is 474 g/mol. The zero-order valence-electron chi connectivity index (χ0n) is 18.9. The molecular weight excluding hydrogens is 442 g/mol. The summed E-state index contributed by atoms with van der Waals surface area (Å²) in [4.78, 5) is 27.6. The van der Waals surface area contributed by atoms with Crippen molar-refractivity contribution in [3.8, 4) is 0 Å². The topological polar surface area (TPSA) is 105 Å². The highest BCUT2D eigenvalue weighted by Gasteiger charge is 2.40. The molecule has 2 amide bonds. The normalized spacial score (nSPS) is 20.5. The molecule has 1 aromatic heterocycles. The zero-order valence-corrected chi connectivity index (χ0v) is 19.7. The Morgan fingerprint density at radius 3 is 2.45 bits per heavy atom. The van der Waals surface area contributed by atoms with Gasteiger partial charge in [0.2, 0.25) is 15.9 Å². The Morgan fingerprint density at radius 2 is 1.79 bits per heavy atom. The third kappa shape index (κ3) is 5.27. The molecule has 2 aliphatic rings. The molecule has 1 aromatic carbocycles. The molecule has 2 aromatic rings. The standard InChI is InChI=1S/C23H31N5O4S/c1-26-17-19(16-25-26)22(29)24-15-18-10-13-27(14-11-18)23(30)21-9-5-6-12-28(21)33(31,32)20-7-3-2-4-8-20/h2-4,7-8,16-18,21H,5-6,9-15H2,1H3,(H,24,29). The number of carbonyl (C=O) groups excluding carboxylic acids is 2. The van der Waals surface area contributed by atoms with Gasteiger partial charge >= 0.3 is 0 Å². The molecule has 0 saturated carbocycles. The van der Waals surface area contributed by atoms with Crippen molar-refractivity contribution >= 4 is 21.8 Å². The molecule has 2 saturated heterocycles. The number of nitrogens with one attached hydrogen (secondary N) is 1. The molecule has 2 fully saturated rings. The molecule has 33 heavy (non-hydrogen) atoms. The number of hydrogen-bond acceptors (Lipinski definition) is 5. The summed E-state index contributed by atoms with van der Waals surface area (Å²) < 4.78 is 29.4. The van der Waals surface area contributed by atoms with Gasteiger partial charge in [-0.2, -0.15) is 9.40 Å². The Morgan fingerprint density at radius 1 is 1.06 bits per heavy atom. The first-order valence-electron chi connectivity index (χ1n) is 11.5. The summed E-state index contributed by atoms with van der Waals surface area (Å²) in [6, 6.07) is 7.69. The zero-order chi connectivity index (χ0) is 23.4. The van der Waals surface area contributed by atoms with Crippen molar-refractivity contribution < 1.29 is 18.0 Å². The molecule has 3 heterocycles. The Bertz CT molecular complexity index is 1080. The number of aryl methyl sites for hydroxylation is 1. The van der Waals surface area contributed by atoms with Gasteiger partial charge in [0, 0.05) is 39.4 Å². The van der Waals surface area contributed by atoms with Crippen LogP contribution < -0.4 is 5.32 Å². The molecule has 0 aliphatic carbocycles. The van der Waals surface area contributed by atoms with Gasteiger partial charge in [-0.15, -0.1) is 0 Å². The van der Waals surface area contributed by atoms with E-state index < -0.39 is 16.1 Å². The van der Waals surface area contributed by atoms with Gasteiger partial charge in [-0.05, 0) is 43.7 Å². The minimum absolute atomic E-state index is 0.105. The van der Waals surface area contributed by atoms with Gasteiger partial charge in [0.15, 0.2) is 0 Å². The fraction of sp³-hybridized carbons (Fsp3) is 0.522. The van der Waals surface area contributed by atoms with E-state index in [2.05, 4.69) is 10.4 Å². The van der Waals surface area contributed by atoms with Gasteiger partial charge in [-0.25, -0.2) is 8.42 Å². The van der Waals surface area contributed by atoms with E-state index in [1.165, 1.54) is 10.5 Å². The Labute approximate surface area is 194 Å². The molecule has 1 atom stereocenters. The first-order valence-corrected chi connectivity index (χ1v) is 12.9. The van der Waals surface area contributed by atoms with Gasteiger partial charge < -0.3 is 10.2 Å². The predicted molar refractivity (Wildman–Crippen MR) is 123 cm³/mol. The molecule has 10 heteroatoms. The Hall–Kier alpha value is -2.72. The minimum atomic E-state index is -3.72. The van der Waals surface area contributed by atoms with Crippen LogP contribution in [0, 0.1) is 5.92 Å².